The summed E-state index contributed by atoms with van der Waals surface area (Å²) >= 11 is 0. The highest BCUT2D eigenvalue weighted by molar-refractivity contribution is 6.74. The first-order valence-electron chi connectivity index (χ1n) is 8.93. The van der Waals surface area contributed by atoms with Crippen LogP contribution in [0.5, 0.6) is 11.5 Å². The van der Waals surface area contributed by atoms with Crippen LogP contribution >= 0.6 is 0 Å². The third-order valence-electron chi connectivity index (χ3n) is 4.74. The lowest BCUT2D eigenvalue weighted by Gasteiger charge is -2.37. The van der Waals surface area contributed by atoms with Gasteiger partial charge in [0.05, 0.1) is 7.11 Å². The summed E-state index contributed by atoms with van der Waals surface area (Å²) in [5.41, 5.74) is 1.27. The van der Waals surface area contributed by atoms with Crippen molar-refractivity contribution >= 4 is 20.2 Å². The number of hydrogen-bond acceptors (Lipinski definition) is 4. The minimum absolute atomic E-state index is 0.0235. The highest BCUT2D eigenvalue weighted by Crippen LogP contribution is 2.41. The fourth-order valence-electron chi connectivity index (χ4n) is 2.26. The maximum absolute atomic E-state index is 11.3. The van der Waals surface area contributed by atoms with E-state index in [1.165, 1.54) is 6.92 Å². The molecule has 1 rings (SSSR count). The average molecular weight is 394 g/mol. The highest BCUT2D eigenvalue weighted by atomic mass is 28.4. The zero-order chi connectivity index (χ0) is 20.8. The molecule has 0 atom stereocenters. The molecule has 0 aliphatic heterocycles. The topological polar surface area (TPSA) is 84.9 Å². The molecule has 0 radical (unpaired) electrons. The van der Waals surface area contributed by atoms with E-state index >= 15 is 0 Å². The first kappa shape index (κ1) is 22.8. The normalized spacial score (nSPS) is 12.5. The van der Waals surface area contributed by atoms with E-state index in [-0.39, 0.29) is 10.9 Å². The zero-order valence-corrected chi connectivity index (χ0v) is 18.3. The maximum atomic E-state index is 11.3. The number of aliphatic carboxylic acids is 1. The molecule has 2 N–H and O–H groups in total. The van der Waals surface area contributed by atoms with Gasteiger partial charge in [-0.2, -0.15) is 0 Å². The molecule has 7 heteroatoms. The van der Waals surface area contributed by atoms with Crippen LogP contribution in [-0.4, -0.2) is 32.4 Å². The molecule has 0 bridgehead atoms. The van der Waals surface area contributed by atoms with Gasteiger partial charge in [0.15, 0.2) is 5.75 Å². The van der Waals surface area contributed by atoms with Crippen molar-refractivity contribution in [3.05, 3.63) is 35.5 Å². The number of carbonyl (C=O) groups is 2. The number of allylic oxidation sites excluding steroid dienone is 1. The largest absolute Gasteiger partial charge is 0.541 e. The summed E-state index contributed by atoms with van der Waals surface area (Å²) < 4.78 is 12.0. The number of para-hydroxylation sites is 1. The molecule has 0 aliphatic carbocycles. The molecule has 1 amide bonds. The summed E-state index contributed by atoms with van der Waals surface area (Å²) in [6.07, 6.45) is 1.91. The van der Waals surface area contributed by atoms with E-state index < -0.39 is 14.3 Å². The summed E-state index contributed by atoms with van der Waals surface area (Å²) in [4.78, 5) is 22.3. The number of aryl methyl sites for hydroxylation is 1. The van der Waals surface area contributed by atoms with Crippen molar-refractivity contribution in [2.45, 2.75) is 58.7 Å². The van der Waals surface area contributed by atoms with Gasteiger partial charge in [0, 0.05) is 18.7 Å². The zero-order valence-electron chi connectivity index (χ0n) is 17.3. The van der Waals surface area contributed by atoms with Gasteiger partial charge < -0.3 is 19.6 Å². The number of carboxylic acids is 1. The number of carboxylic acid groups (broad SMARTS) is 1. The van der Waals surface area contributed by atoms with Crippen LogP contribution in [0.4, 0.5) is 0 Å². The number of amides is 1. The van der Waals surface area contributed by atoms with Gasteiger partial charge in [-0.3, -0.25) is 4.79 Å². The van der Waals surface area contributed by atoms with Crippen LogP contribution in [0.15, 0.2) is 30.0 Å². The smallest absolute Gasteiger partial charge is 0.330 e. The molecule has 0 unspecified atom stereocenters. The van der Waals surface area contributed by atoms with Crippen molar-refractivity contribution in [3.63, 3.8) is 0 Å². The van der Waals surface area contributed by atoms with E-state index in [1.54, 1.807) is 7.11 Å². The predicted octanol–water partition coefficient (Wildman–Crippen LogP) is 4.12. The minimum atomic E-state index is -2.09. The van der Waals surface area contributed by atoms with Crippen LogP contribution < -0.4 is 14.5 Å². The molecular weight excluding hydrogens is 362 g/mol. The molecular formula is C20H31NO5Si. The van der Waals surface area contributed by atoms with Crippen molar-refractivity contribution in [1.82, 2.24) is 5.32 Å². The van der Waals surface area contributed by atoms with Crippen LogP contribution in [0.1, 0.15) is 39.7 Å². The lowest BCUT2D eigenvalue weighted by atomic mass is 10.1. The first-order valence-corrected chi connectivity index (χ1v) is 11.8. The van der Waals surface area contributed by atoms with Gasteiger partial charge in [0.25, 0.3) is 8.32 Å². The number of hydrogen-bond donors (Lipinski definition) is 2. The number of nitrogens with one attached hydrogen (secondary N) is 1. The van der Waals surface area contributed by atoms with E-state index in [0.29, 0.717) is 30.0 Å². The van der Waals surface area contributed by atoms with Crippen molar-refractivity contribution in [3.8, 4) is 11.5 Å². The number of rotatable bonds is 8. The second-order valence-electron chi connectivity index (χ2n) is 8.00. The summed E-state index contributed by atoms with van der Waals surface area (Å²) in [6, 6.07) is 5.68. The van der Waals surface area contributed by atoms with E-state index in [1.807, 2.05) is 18.2 Å². The molecule has 6 nitrogen and oxygen atoms in total. The number of carbonyl (C=O) groups excluding carboxylic acids is 1. The number of methoxy groups -OCH3 is 1. The molecule has 1 aromatic rings. The highest BCUT2D eigenvalue weighted by Gasteiger charge is 2.40. The first-order chi connectivity index (χ1) is 12.4. The molecule has 0 saturated heterocycles. The van der Waals surface area contributed by atoms with Crippen LogP contribution in [0, 0.1) is 0 Å². The van der Waals surface area contributed by atoms with E-state index in [4.69, 9.17) is 14.3 Å². The SMILES string of the molecule is COc1cccc(CC/C(=C/C(=O)O)NC(C)=O)c1O[Si](C)(C)C(C)(C)C. The molecule has 150 valence electrons. The fraction of sp³-hybridized carbons (Fsp3) is 0.500. The van der Waals surface area contributed by atoms with E-state index in [0.717, 1.165) is 11.6 Å². The molecule has 0 heterocycles. The summed E-state index contributed by atoms with van der Waals surface area (Å²) in [7, 11) is -0.490. The Morgan fingerprint density at radius 3 is 2.37 bits per heavy atom. The Morgan fingerprint density at radius 1 is 1.26 bits per heavy atom. The Morgan fingerprint density at radius 2 is 1.89 bits per heavy atom. The Balaban J connectivity index is 3.18. The monoisotopic (exact) mass is 393 g/mol. The molecule has 0 fully saturated rings. The number of ether oxygens (including phenoxy) is 1. The Hall–Kier alpha value is -2.28. The fourth-order valence-corrected chi connectivity index (χ4v) is 3.31. The summed E-state index contributed by atoms with van der Waals surface area (Å²) in [5.74, 6) is -0.0438. The molecule has 1 aromatic carbocycles. The maximum Gasteiger partial charge on any atom is 0.330 e. The van der Waals surface area contributed by atoms with Gasteiger partial charge in [0.1, 0.15) is 5.75 Å². The predicted molar refractivity (Wildman–Crippen MR) is 109 cm³/mol. The van der Waals surface area contributed by atoms with E-state index in [2.05, 4.69) is 39.2 Å². The average Bonchev–Trinajstić information content (AvgIpc) is 2.51. The van der Waals surface area contributed by atoms with Crippen molar-refractivity contribution in [2.24, 2.45) is 0 Å². The molecule has 0 aromatic heterocycles. The minimum Gasteiger partial charge on any atom is -0.541 e. The van der Waals surface area contributed by atoms with Gasteiger partial charge in [-0.05, 0) is 42.6 Å². The molecule has 0 aliphatic rings. The lowest BCUT2D eigenvalue weighted by Crippen LogP contribution is -2.44. The second-order valence-corrected chi connectivity index (χ2v) is 12.7. The van der Waals surface area contributed by atoms with Crippen molar-refractivity contribution in [1.29, 1.82) is 0 Å². The molecule has 27 heavy (non-hydrogen) atoms. The second kappa shape index (κ2) is 9.08. The van der Waals surface area contributed by atoms with Crippen molar-refractivity contribution in [2.75, 3.05) is 7.11 Å². The third-order valence-corrected chi connectivity index (χ3v) is 9.07. The van der Waals surface area contributed by atoms with Gasteiger partial charge in [0.2, 0.25) is 5.91 Å². The number of benzene rings is 1. The quantitative estimate of drug-likeness (QED) is 0.513. The third kappa shape index (κ3) is 6.75. The van der Waals surface area contributed by atoms with E-state index in [9.17, 15) is 9.59 Å². The summed E-state index contributed by atoms with van der Waals surface area (Å²) in [5, 5.41) is 11.6. The molecule has 0 saturated carbocycles. The van der Waals surface area contributed by atoms with Crippen LogP contribution in [-0.2, 0) is 16.0 Å². The molecule has 0 spiro atoms. The lowest BCUT2D eigenvalue weighted by molar-refractivity contribution is -0.131. The van der Waals surface area contributed by atoms with Gasteiger partial charge >= 0.3 is 5.97 Å². The summed E-state index contributed by atoms with van der Waals surface area (Å²) in [6.45, 7) is 12.2. The van der Waals surface area contributed by atoms with Gasteiger partial charge in [-0.25, -0.2) is 4.79 Å². The Labute approximate surface area is 162 Å². The van der Waals surface area contributed by atoms with Crippen LogP contribution in [0.25, 0.3) is 0 Å². The van der Waals surface area contributed by atoms with Crippen molar-refractivity contribution < 1.29 is 23.9 Å². The standard InChI is InChI=1S/C20H31NO5Si/c1-14(22)21-16(13-18(23)24)12-11-15-9-8-10-17(25-5)19(15)26-27(6,7)20(2,3)4/h8-10,13H,11-12H2,1-7H3,(H,21,22)(H,23,24)/b16-13-. The van der Waals surface area contributed by atoms with Crippen LogP contribution in [0.3, 0.4) is 0 Å². The van der Waals surface area contributed by atoms with Crippen LogP contribution in [0.2, 0.25) is 18.1 Å². The Kier molecular flexibility index (Phi) is 7.65. The van der Waals surface area contributed by atoms with Gasteiger partial charge in [-0.15, -0.1) is 0 Å². The van der Waals surface area contributed by atoms with Gasteiger partial charge in [-0.1, -0.05) is 32.9 Å². The Bertz CT molecular complexity index is 720.